The van der Waals surface area contributed by atoms with Crippen LogP contribution >= 0.6 is 0 Å². The van der Waals surface area contributed by atoms with Crippen LogP contribution < -0.4 is 0 Å². The summed E-state index contributed by atoms with van der Waals surface area (Å²) < 4.78 is 4.60. The van der Waals surface area contributed by atoms with Crippen molar-refractivity contribution >= 4 is 49.3 Å². The summed E-state index contributed by atoms with van der Waals surface area (Å²) >= 11 is 0. The minimum atomic E-state index is 0.466. The average molecular weight is 943 g/mol. The second-order valence-electron chi connectivity index (χ2n) is 18.1. The van der Waals surface area contributed by atoms with Gasteiger partial charge in [0.05, 0.1) is 63.3 Å². The first kappa shape index (κ1) is 43.3. The van der Waals surface area contributed by atoms with Crippen LogP contribution in [0.15, 0.2) is 231 Å². The molecule has 74 heavy (non-hydrogen) atoms. The molecule has 0 unspecified atom stereocenters. The van der Waals surface area contributed by atoms with E-state index in [9.17, 15) is 10.5 Å². The zero-order valence-electron chi connectivity index (χ0n) is 39.5. The number of fused-ring (bicyclic) bond motifs is 6. The fourth-order valence-corrected chi connectivity index (χ4v) is 10.4. The van der Waals surface area contributed by atoms with E-state index in [2.05, 4.69) is 172 Å². The molecule has 8 nitrogen and oxygen atoms in total. The third kappa shape index (κ3) is 7.42. The fraction of sp³-hybridized carbons (Fsp3) is 0. The number of nitrogens with zero attached hydrogens (tertiary/aromatic N) is 8. The van der Waals surface area contributed by atoms with Gasteiger partial charge in [0, 0.05) is 49.4 Å². The maximum atomic E-state index is 10.0. The summed E-state index contributed by atoms with van der Waals surface area (Å²) in [4.78, 5) is 19.8. The number of benzene rings is 10. The van der Waals surface area contributed by atoms with Crippen LogP contribution in [0.25, 0.3) is 127 Å². The molecular formula is C66H38N8. The highest BCUT2D eigenvalue weighted by Crippen LogP contribution is 2.41. The number of para-hydroxylation sites is 4. The summed E-state index contributed by atoms with van der Waals surface area (Å²) in [5.74, 6) is 1.41. The van der Waals surface area contributed by atoms with Crippen LogP contribution in [0.5, 0.6) is 0 Å². The normalized spacial score (nSPS) is 11.2. The summed E-state index contributed by atoms with van der Waals surface area (Å²) in [7, 11) is 0. The minimum Gasteiger partial charge on any atom is -0.309 e. The average Bonchev–Trinajstić information content (AvgIpc) is 4.03. The number of hydrogen-bond donors (Lipinski definition) is 0. The highest BCUT2D eigenvalue weighted by molar-refractivity contribution is 6.11. The number of rotatable bonds is 8. The molecule has 0 aliphatic rings. The van der Waals surface area contributed by atoms with Crippen molar-refractivity contribution in [3.63, 3.8) is 0 Å². The van der Waals surface area contributed by atoms with E-state index in [4.69, 9.17) is 21.5 Å². The Morgan fingerprint density at radius 1 is 0.338 bits per heavy atom. The monoisotopic (exact) mass is 942 g/mol. The Balaban J connectivity index is 1.08. The van der Waals surface area contributed by atoms with Gasteiger partial charge in [-0.2, -0.15) is 10.5 Å². The van der Waals surface area contributed by atoms with Crippen molar-refractivity contribution in [3.8, 4) is 91.1 Å². The van der Waals surface area contributed by atoms with Gasteiger partial charge in [-0.05, 0) is 95.1 Å². The van der Waals surface area contributed by atoms with Gasteiger partial charge in [0.2, 0.25) is 0 Å². The molecule has 0 aliphatic carbocycles. The molecule has 13 rings (SSSR count). The third-order valence-electron chi connectivity index (χ3n) is 13.8. The number of hydrogen-bond acceptors (Lipinski definition) is 5. The van der Waals surface area contributed by atoms with Gasteiger partial charge < -0.3 is 9.13 Å². The van der Waals surface area contributed by atoms with Gasteiger partial charge in [-0.3, -0.25) is 0 Å². The van der Waals surface area contributed by atoms with Crippen molar-refractivity contribution in [1.29, 1.82) is 10.5 Å². The van der Waals surface area contributed by atoms with E-state index >= 15 is 0 Å². The SMILES string of the molecule is [C-]#[N+]c1cccc(-c2ccc(-c3nc(-c4cccc(-c5cccc(C#N)c5)c4)nc(-c4ccc(-c5cccc(C#N)c5)c(-n5c6ccccc6c6ccccc65)c4)n3)cc2-n2c3ccccc3c3ccccc32)c1. The Hall–Kier alpha value is -10.7. The van der Waals surface area contributed by atoms with E-state index in [0.29, 0.717) is 34.3 Å². The van der Waals surface area contributed by atoms with E-state index in [1.54, 1.807) is 6.07 Å². The van der Waals surface area contributed by atoms with Crippen molar-refractivity contribution in [1.82, 2.24) is 24.1 Å². The van der Waals surface area contributed by atoms with E-state index in [-0.39, 0.29) is 0 Å². The van der Waals surface area contributed by atoms with Gasteiger partial charge in [-0.25, -0.2) is 19.8 Å². The third-order valence-corrected chi connectivity index (χ3v) is 13.8. The Bertz CT molecular complexity index is 4210. The van der Waals surface area contributed by atoms with Crippen molar-refractivity contribution in [2.24, 2.45) is 0 Å². The van der Waals surface area contributed by atoms with Crippen molar-refractivity contribution in [3.05, 3.63) is 253 Å². The molecular weight excluding hydrogens is 905 g/mol. The molecule has 0 atom stereocenters. The number of nitriles is 2. The predicted molar refractivity (Wildman–Crippen MR) is 297 cm³/mol. The van der Waals surface area contributed by atoms with E-state index in [1.807, 2.05) is 78.9 Å². The smallest absolute Gasteiger partial charge is 0.187 e. The van der Waals surface area contributed by atoms with Crippen LogP contribution in [0, 0.1) is 29.2 Å². The molecule has 0 radical (unpaired) electrons. The highest BCUT2D eigenvalue weighted by Gasteiger charge is 2.22. The fourth-order valence-electron chi connectivity index (χ4n) is 10.4. The maximum Gasteiger partial charge on any atom is 0.187 e. The number of aromatic nitrogens is 5. The van der Waals surface area contributed by atoms with Gasteiger partial charge in [0.1, 0.15) is 0 Å². The van der Waals surface area contributed by atoms with Gasteiger partial charge in [0.25, 0.3) is 0 Å². The van der Waals surface area contributed by atoms with Crippen molar-refractivity contribution < 1.29 is 0 Å². The van der Waals surface area contributed by atoms with Crippen LogP contribution in [-0.2, 0) is 0 Å². The molecule has 0 N–H and O–H groups in total. The van der Waals surface area contributed by atoms with Crippen LogP contribution in [-0.4, -0.2) is 24.1 Å². The summed E-state index contributed by atoms with van der Waals surface area (Å²) in [6, 6.07) is 82.1. The van der Waals surface area contributed by atoms with Gasteiger partial charge >= 0.3 is 0 Å². The first-order chi connectivity index (χ1) is 36.5. The summed E-state index contributed by atoms with van der Waals surface area (Å²) in [6.45, 7) is 7.89. The molecule has 8 heteroatoms. The molecule has 10 aromatic carbocycles. The Kier molecular flexibility index (Phi) is 10.5. The van der Waals surface area contributed by atoms with Crippen molar-refractivity contribution in [2.45, 2.75) is 0 Å². The summed E-state index contributed by atoms with van der Waals surface area (Å²) in [5.41, 5.74) is 15.5. The van der Waals surface area contributed by atoms with Crippen LogP contribution in [0.4, 0.5) is 5.69 Å². The zero-order chi connectivity index (χ0) is 49.7. The maximum absolute atomic E-state index is 10.0. The Morgan fingerprint density at radius 2 is 0.703 bits per heavy atom. The first-order valence-corrected chi connectivity index (χ1v) is 24.1. The van der Waals surface area contributed by atoms with E-state index in [0.717, 1.165) is 105 Å². The molecule has 0 saturated carbocycles. The van der Waals surface area contributed by atoms with Crippen molar-refractivity contribution in [2.75, 3.05) is 0 Å². The Labute approximate surface area is 426 Å². The minimum absolute atomic E-state index is 0.466. The van der Waals surface area contributed by atoms with E-state index < -0.39 is 0 Å². The van der Waals surface area contributed by atoms with Gasteiger partial charge in [-0.1, -0.05) is 158 Å². The molecule has 0 amide bonds. The molecule has 342 valence electrons. The summed E-state index contributed by atoms with van der Waals surface area (Å²) in [5, 5.41) is 24.3. The first-order valence-electron chi connectivity index (χ1n) is 24.1. The zero-order valence-corrected chi connectivity index (χ0v) is 39.5. The molecule has 13 aromatic rings. The quantitative estimate of drug-likeness (QED) is 0.141. The predicted octanol–water partition coefficient (Wildman–Crippen LogP) is 16.4. The lowest BCUT2D eigenvalue weighted by atomic mass is 9.98. The lowest BCUT2D eigenvalue weighted by Crippen LogP contribution is -2.03. The molecule has 0 fully saturated rings. The topological polar surface area (TPSA) is 100 Å². The molecule has 3 heterocycles. The lowest BCUT2D eigenvalue weighted by molar-refractivity contribution is 1.07. The lowest BCUT2D eigenvalue weighted by Gasteiger charge is -2.17. The second kappa shape index (κ2) is 17.9. The second-order valence-corrected chi connectivity index (χ2v) is 18.1. The van der Waals surface area contributed by atoms with Crippen LogP contribution in [0.1, 0.15) is 11.1 Å². The summed E-state index contributed by atoms with van der Waals surface area (Å²) in [6.07, 6.45) is 0. The molecule has 0 saturated heterocycles. The largest absolute Gasteiger partial charge is 0.309 e. The molecule has 3 aromatic heterocycles. The van der Waals surface area contributed by atoms with Gasteiger partial charge in [-0.15, -0.1) is 0 Å². The standard InChI is InChI=1S/C66H38N8/c1-69-51-21-13-19-47(37-51)53-33-31-50(39-63(53)74-60-28-8-4-24-56(60)57-25-5-9-29-61(57)74)66-71-64(48-20-12-17-45(36-48)44-16-10-14-42(34-44)40-67)70-65(72-66)49-30-32-52(46-18-11-15-43(35-46)41-68)62(38-49)73-58-26-6-2-22-54(58)55-23-3-7-27-59(55)73/h2-39H. The van der Waals surface area contributed by atoms with Crippen LogP contribution in [0.3, 0.4) is 0 Å². The molecule has 0 spiro atoms. The van der Waals surface area contributed by atoms with E-state index in [1.165, 1.54) is 0 Å². The molecule has 0 bridgehead atoms. The Morgan fingerprint density at radius 3 is 1.16 bits per heavy atom. The highest BCUT2D eigenvalue weighted by atomic mass is 15.0. The van der Waals surface area contributed by atoms with Gasteiger partial charge in [0.15, 0.2) is 23.2 Å². The van der Waals surface area contributed by atoms with Crippen LogP contribution in [0.2, 0.25) is 0 Å². The molecule has 0 aliphatic heterocycles.